The van der Waals surface area contributed by atoms with Gasteiger partial charge < -0.3 is 33.9 Å². The summed E-state index contributed by atoms with van der Waals surface area (Å²) in [5, 5.41) is 20.0. The molecule has 2 N–H and O–H groups in total. The number of rotatable bonds is 5. The van der Waals surface area contributed by atoms with Crippen molar-refractivity contribution >= 4 is 0 Å². The van der Waals surface area contributed by atoms with Gasteiger partial charge in [-0.2, -0.15) is 0 Å². The van der Waals surface area contributed by atoms with Crippen molar-refractivity contribution in [3.8, 4) is 28.7 Å². The summed E-state index contributed by atoms with van der Waals surface area (Å²) in [4.78, 5) is 0. The van der Waals surface area contributed by atoms with Crippen LogP contribution in [0.2, 0.25) is 0 Å². The lowest BCUT2D eigenvalue weighted by molar-refractivity contribution is 0.0191. The quantitative estimate of drug-likeness (QED) is 0.813. The van der Waals surface area contributed by atoms with Crippen molar-refractivity contribution in [2.75, 3.05) is 34.5 Å². The van der Waals surface area contributed by atoms with Gasteiger partial charge in [0.2, 0.25) is 5.75 Å². The van der Waals surface area contributed by atoms with Gasteiger partial charge >= 0.3 is 0 Å². The average Bonchev–Trinajstić information content (AvgIpc) is 3.31. The van der Waals surface area contributed by atoms with Crippen LogP contribution >= 0.6 is 0 Å². The zero-order valence-corrected chi connectivity index (χ0v) is 16.0. The number of phenolic OH excluding ortho intramolecular Hbond substituents is 2. The number of hydrogen-bond acceptors (Lipinski definition) is 7. The van der Waals surface area contributed by atoms with Gasteiger partial charge in [-0.1, -0.05) is 6.07 Å². The molecule has 0 spiro atoms. The average molecular weight is 388 g/mol. The first-order valence-corrected chi connectivity index (χ1v) is 9.12. The second-order valence-corrected chi connectivity index (χ2v) is 7.04. The Morgan fingerprint density at radius 3 is 1.79 bits per heavy atom. The van der Waals surface area contributed by atoms with Crippen LogP contribution < -0.4 is 14.2 Å². The van der Waals surface area contributed by atoms with E-state index < -0.39 is 0 Å². The number of ether oxygens (including phenoxy) is 5. The minimum atomic E-state index is -0.183. The highest BCUT2D eigenvalue weighted by Crippen LogP contribution is 2.52. The summed E-state index contributed by atoms with van der Waals surface area (Å²) in [6.45, 7) is 1.10. The van der Waals surface area contributed by atoms with Crippen LogP contribution in [0.1, 0.15) is 23.3 Å². The van der Waals surface area contributed by atoms with Crippen LogP contribution in [0.15, 0.2) is 30.3 Å². The highest BCUT2D eigenvalue weighted by atomic mass is 16.5. The largest absolute Gasteiger partial charge is 0.504 e. The predicted octanol–water partition coefficient (Wildman–Crippen LogP) is 3.20. The first-order chi connectivity index (χ1) is 13.6. The maximum absolute atomic E-state index is 10.2. The third-order valence-corrected chi connectivity index (χ3v) is 5.63. The van der Waals surface area contributed by atoms with Gasteiger partial charge in [0.1, 0.15) is 0 Å². The normalized spacial score (nSPS) is 26.1. The van der Waals surface area contributed by atoms with Crippen molar-refractivity contribution in [1.29, 1.82) is 0 Å². The highest BCUT2D eigenvalue weighted by molar-refractivity contribution is 5.53. The Balaban J connectivity index is 1.61. The fourth-order valence-electron chi connectivity index (χ4n) is 4.18. The summed E-state index contributed by atoms with van der Waals surface area (Å²) in [5.74, 6) is 1.52. The Hall–Kier alpha value is -2.64. The molecule has 0 amide bonds. The molecule has 0 bridgehead atoms. The number of fused-ring (bicyclic) bond motifs is 1. The van der Waals surface area contributed by atoms with Crippen molar-refractivity contribution in [2.45, 2.75) is 12.2 Å². The molecule has 2 aliphatic heterocycles. The van der Waals surface area contributed by atoms with Gasteiger partial charge in [0.05, 0.1) is 46.8 Å². The fraction of sp³-hybridized carbons (Fsp3) is 0.429. The van der Waals surface area contributed by atoms with Gasteiger partial charge in [0, 0.05) is 11.8 Å². The molecule has 2 aromatic rings. The summed E-state index contributed by atoms with van der Waals surface area (Å²) in [6.07, 6.45) is -0.317. The van der Waals surface area contributed by atoms with E-state index in [4.69, 9.17) is 23.7 Å². The topological polar surface area (TPSA) is 86.6 Å². The van der Waals surface area contributed by atoms with Gasteiger partial charge in [-0.15, -0.1) is 0 Å². The fourth-order valence-corrected chi connectivity index (χ4v) is 4.18. The summed E-state index contributed by atoms with van der Waals surface area (Å²) < 4.78 is 28.0. The third kappa shape index (κ3) is 3.00. The molecule has 0 aliphatic carbocycles. The monoisotopic (exact) mass is 388 g/mol. The second-order valence-electron chi connectivity index (χ2n) is 7.04. The SMILES string of the molecule is COc1cc(C2OC[C@H]3C(c4cc(OC)c(O)c(OC)c4)OC[C@H]23)ccc1O. The maximum atomic E-state index is 10.2. The van der Waals surface area contributed by atoms with Crippen molar-refractivity contribution in [3.63, 3.8) is 0 Å². The Morgan fingerprint density at radius 2 is 1.25 bits per heavy atom. The van der Waals surface area contributed by atoms with Gasteiger partial charge in [0.15, 0.2) is 23.0 Å². The van der Waals surface area contributed by atoms with E-state index in [-0.39, 0.29) is 35.5 Å². The summed E-state index contributed by atoms with van der Waals surface area (Å²) in [7, 11) is 4.53. The molecule has 2 unspecified atom stereocenters. The smallest absolute Gasteiger partial charge is 0.200 e. The van der Waals surface area contributed by atoms with E-state index >= 15 is 0 Å². The van der Waals surface area contributed by atoms with E-state index in [0.717, 1.165) is 11.1 Å². The van der Waals surface area contributed by atoms with Gasteiger partial charge in [0.25, 0.3) is 0 Å². The van der Waals surface area contributed by atoms with E-state index in [0.29, 0.717) is 30.5 Å². The van der Waals surface area contributed by atoms with Crippen LogP contribution in [0.4, 0.5) is 0 Å². The number of methoxy groups -OCH3 is 3. The van der Waals surface area contributed by atoms with Crippen LogP contribution in [0.25, 0.3) is 0 Å². The first-order valence-electron chi connectivity index (χ1n) is 9.12. The van der Waals surface area contributed by atoms with Gasteiger partial charge in [-0.25, -0.2) is 0 Å². The summed E-state index contributed by atoms with van der Waals surface area (Å²) >= 11 is 0. The van der Waals surface area contributed by atoms with Gasteiger partial charge in [-0.05, 0) is 35.4 Å². The van der Waals surface area contributed by atoms with E-state index in [9.17, 15) is 10.2 Å². The number of benzene rings is 2. The lowest BCUT2D eigenvalue weighted by Gasteiger charge is -2.19. The minimum Gasteiger partial charge on any atom is -0.504 e. The molecule has 4 atom stereocenters. The molecular weight excluding hydrogens is 364 g/mol. The van der Waals surface area contributed by atoms with Crippen LogP contribution in [-0.4, -0.2) is 44.8 Å². The summed E-state index contributed by atoms with van der Waals surface area (Å²) in [6, 6.07) is 8.84. The number of phenols is 2. The Morgan fingerprint density at radius 1 is 0.750 bits per heavy atom. The van der Waals surface area contributed by atoms with Crippen molar-refractivity contribution in [3.05, 3.63) is 41.5 Å². The standard InChI is InChI=1S/C21H24O7/c1-24-16-6-11(4-5-15(16)22)20-13-9-28-21(14(13)10-27-20)12-7-17(25-2)19(23)18(8-12)26-3/h4-8,13-14,20-23H,9-10H2,1-3H3/t13-,14+,20?,21?/m0/s1. The molecule has 150 valence electrons. The molecule has 0 aromatic heterocycles. The van der Waals surface area contributed by atoms with Crippen LogP contribution in [0, 0.1) is 11.8 Å². The maximum Gasteiger partial charge on any atom is 0.200 e. The number of hydrogen-bond donors (Lipinski definition) is 2. The molecule has 7 heteroatoms. The Kier molecular flexibility index (Phi) is 4.95. The third-order valence-electron chi connectivity index (χ3n) is 5.63. The molecule has 2 saturated heterocycles. The molecule has 28 heavy (non-hydrogen) atoms. The van der Waals surface area contributed by atoms with E-state index in [1.54, 1.807) is 18.2 Å². The molecule has 2 aromatic carbocycles. The molecule has 2 heterocycles. The second kappa shape index (κ2) is 7.41. The van der Waals surface area contributed by atoms with Crippen molar-refractivity contribution in [2.24, 2.45) is 11.8 Å². The van der Waals surface area contributed by atoms with Crippen LogP contribution in [0.5, 0.6) is 28.7 Å². The molecule has 0 radical (unpaired) electrons. The number of aromatic hydroxyl groups is 2. The molecule has 2 fully saturated rings. The molecule has 4 rings (SSSR count). The molecule has 7 nitrogen and oxygen atoms in total. The predicted molar refractivity (Wildman–Crippen MR) is 100 cm³/mol. The zero-order valence-electron chi connectivity index (χ0n) is 16.0. The molecular formula is C21H24O7. The Bertz CT molecular complexity index is 841. The zero-order chi connectivity index (χ0) is 19.8. The molecule has 2 aliphatic rings. The van der Waals surface area contributed by atoms with E-state index in [1.807, 2.05) is 12.1 Å². The van der Waals surface area contributed by atoms with E-state index in [2.05, 4.69) is 0 Å². The molecule has 0 saturated carbocycles. The van der Waals surface area contributed by atoms with Crippen LogP contribution in [0.3, 0.4) is 0 Å². The van der Waals surface area contributed by atoms with Crippen LogP contribution in [-0.2, 0) is 9.47 Å². The lowest BCUT2D eigenvalue weighted by atomic mass is 9.85. The van der Waals surface area contributed by atoms with Gasteiger partial charge in [-0.3, -0.25) is 0 Å². The first kappa shape index (κ1) is 18.7. The van der Waals surface area contributed by atoms with Crippen molar-refractivity contribution < 1.29 is 33.9 Å². The van der Waals surface area contributed by atoms with Crippen molar-refractivity contribution in [1.82, 2.24) is 0 Å². The summed E-state index contributed by atoms with van der Waals surface area (Å²) in [5.41, 5.74) is 1.83. The highest BCUT2D eigenvalue weighted by Gasteiger charge is 2.48. The lowest BCUT2D eigenvalue weighted by Crippen LogP contribution is -2.14. The van der Waals surface area contributed by atoms with E-state index in [1.165, 1.54) is 21.3 Å². The minimum absolute atomic E-state index is 0.0277. The Labute approximate surface area is 163 Å².